The third-order valence-corrected chi connectivity index (χ3v) is 6.91. The van der Waals surface area contributed by atoms with Crippen LogP contribution in [0.2, 0.25) is 0 Å². The topological polar surface area (TPSA) is 84.3 Å². The van der Waals surface area contributed by atoms with E-state index in [1.54, 1.807) is 30.1 Å². The van der Waals surface area contributed by atoms with Crippen LogP contribution in [0.1, 0.15) is 17.2 Å². The standard InChI is InChI=1S/C28H31FN6O2/c1-18-26(22-9-4-5-10-23(22)27(31-18)20-14-30-34(2)15-20)33-28(36)32-25-17-35(11-12-37-3)16-24(25)19-7-6-8-21(29)13-19/h4-10,13-15,24-25H,11-12,16-17H2,1-3H3,(H2,32,33,36)/t24-,25+/m0/s1. The molecule has 0 bridgehead atoms. The molecule has 1 fully saturated rings. The molecule has 1 aliphatic heterocycles. The zero-order chi connectivity index (χ0) is 25.9. The third kappa shape index (κ3) is 5.33. The van der Waals surface area contributed by atoms with Gasteiger partial charge in [-0.15, -0.1) is 0 Å². The van der Waals surface area contributed by atoms with Crippen LogP contribution in [0.15, 0.2) is 60.9 Å². The molecule has 0 unspecified atom stereocenters. The first kappa shape index (κ1) is 24.9. The second kappa shape index (κ2) is 10.7. The Hall–Kier alpha value is -3.82. The number of fused-ring (bicyclic) bond motifs is 1. The minimum atomic E-state index is -0.316. The van der Waals surface area contributed by atoms with Crippen molar-refractivity contribution in [2.45, 2.75) is 18.9 Å². The fraction of sp³-hybridized carbons (Fsp3) is 0.321. The van der Waals surface area contributed by atoms with Gasteiger partial charge in [0.2, 0.25) is 0 Å². The van der Waals surface area contributed by atoms with Crippen molar-refractivity contribution in [2.24, 2.45) is 7.05 Å². The highest BCUT2D eigenvalue weighted by atomic mass is 19.1. The number of nitrogens with zero attached hydrogens (tertiary/aromatic N) is 4. The summed E-state index contributed by atoms with van der Waals surface area (Å²) in [5.74, 6) is -0.319. The Labute approximate surface area is 215 Å². The molecule has 2 N–H and O–H groups in total. The first-order chi connectivity index (χ1) is 17.9. The summed E-state index contributed by atoms with van der Waals surface area (Å²) in [5.41, 5.74) is 3.98. The Morgan fingerprint density at radius 2 is 1.97 bits per heavy atom. The van der Waals surface area contributed by atoms with Gasteiger partial charge in [0.1, 0.15) is 5.82 Å². The molecule has 9 heteroatoms. The number of hydrogen-bond acceptors (Lipinski definition) is 5. The molecule has 2 aromatic carbocycles. The summed E-state index contributed by atoms with van der Waals surface area (Å²) in [6, 6.07) is 14.0. The molecule has 0 spiro atoms. The molecule has 5 rings (SSSR count). The van der Waals surface area contributed by atoms with Crippen molar-refractivity contribution in [2.75, 3.05) is 38.7 Å². The average molecular weight is 503 g/mol. The van der Waals surface area contributed by atoms with Crippen LogP contribution in [0.5, 0.6) is 0 Å². The van der Waals surface area contributed by atoms with E-state index in [2.05, 4.69) is 20.6 Å². The molecule has 2 amide bonds. The van der Waals surface area contributed by atoms with Crippen molar-refractivity contribution in [1.82, 2.24) is 25.0 Å². The summed E-state index contributed by atoms with van der Waals surface area (Å²) >= 11 is 0. The highest BCUT2D eigenvalue weighted by Crippen LogP contribution is 2.34. The fourth-order valence-electron chi connectivity index (χ4n) is 5.14. The summed E-state index contributed by atoms with van der Waals surface area (Å²) in [5, 5.41) is 12.3. The van der Waals surface area contributed by atoms with Crippen molar-refractivity contribution in [3.8, 4) is 11.3 Å². The number of aromatic nitrogens is 3. The summed E-state index contributed by atoms with van der Waals surface area (Å²) in [4.78, 5) is 20.4. The van der Waals surface area contributed by atoms with Crippen molar-refractivity contribution >= 4 is 22.5 Å². The van der Waals surface area contributed by atoms with Gasteiger partial charge in [0.25, 0.3) is 0 Å². The largest absolute Gasteiger partial charge is 0.383 e. The molecular weight excluding hydrogens is 471 g/mol. The number of benzene rings is 2. The Bertz CT molecular complexity index is 1420. The van der Waals surface area contributed by atoms with Gasteiger partial charge in [0, 0.05) is 62.2 Å². The number of nitrogens with one attached hydrogen (secondary N) is 2. The molecular formula is C28H31FN6O2. The second-order valence-corrected chi connectivity index (χ2v) is 9.49. The van der Waals surface area contributed by atoms with E-state index in [9.17, 15) is 9.18 Å². The molecule has 8 nitrogen and oxygen atoms in total. The molecule has 0 radical (unpaired) electrons. The van der Waals surface area contributed by atoms with E-state index in [1.165, 1.54) is 6.07 Å². The number of aryl methyl sites for hydroxylation is 2. The van der Waals surface area contributed by atoms with Crippen LogP contribution in [-0.4, -0.2) is 65.1 Å². The number of amides is 2. The SMILES string of the molecule is COCCN1C[C@@H](NC(=O)Nc2c(C)nc(-c3cnn(C)c3)c3ccccc23)[C@H](c2cccc(F)c2)C1. The van der Waals surface area contributed by atoms with E-state index in [4.69, 9.17) is 9.72 Å². The average Bonchev–Trinajstić information content (AvgIpc) is 3.50. The van der Waals surface area contributed by atoms with Crippen LogP contribution < -0.4 is 10.6 Å². The normalized spacial score (nSPS) is 17.8. The van der Waals surface area contributed by atoms with Gasteiger partial charge < -0.3 is 15.4 Å². The van der Waals surface area contributed by atoms with Crippen molar-refractivity contribution in [1.29, 1.82) is 0 Å². The number of likely N-dealkylation sites (tertiary alicyclic amines) is 1. The molecule has 1 saturated heterocycles. The predicted molar refractivity (Wildman–Crippen MR) is 142 cm³/mol. The Morgan fingerprint density at radius 3 is 2.70 bits per heavy atom. The lowest BCUT2D eigenvalue weighted by atomic mass is 9.94. The number of pyridine rings is 1. The predicted octanol–water partition coefficient (Wildman–Crippen LogP) is 4.32. The number of carbonyl (C=O) groups is 1. The van der Waals surface area contributed by atoms with Gasteiger partial charge in [-0.05, 0) is 24.6 Å². The summed E-state index contributed by atoms with van der Waals surface area (Å²) in [6.45, 7) is 4.58. The number of anilines is 1. The zero-order valence-electron chi connectivity index (χ0n) is 21.2. The van der Waals surface area contributed by atoms with Gasteiger partial charge >= 0.3 is 6.03 Å². The van der Waals surface area contributed by atoms with Crippen LogP contribution in [0.4, 0.5) is 14.9 Å². The van der Waals surface area contributed by atoms with Crippen LogP contribution in [0.3, 0.4) is 0 Å². The van der Waals surface area contributed by atoms with Crippen molar-refractivity contribution in [3.63, 3.8) is 0 Å². The Morgan fingerprint density at radius 1 is 1.16 bits per heavy atom. The molecule has 2 aromatic heterocycles. The van der Waals surface area contributed by atoms with Gasteiger partial charge in [-0.1, -0.05) is 36.4 Å². The second-order valence-electron chi connectivity index (χ2n) is 9.49. The van der Waals surface area contributed by atoms with Crippen LogP contribution in [0.25, 0.3) is 22.0 Å². The lowest BCUT2D eigenvalue weighted by Crippen LogP contribution is -2.42. The van der Waals surface area contributed by atoms with Crippen molar-refractivity contribution < 1.29 is 13.9 Å². The molecule has 0 saturated carbocycles. The zero-order valence-corrected chi connectivity index (χ0v) is 21.2. The lowest BCUT2D eigenvalue weighted by Gasteiger charge is -2.21. The number of urea groups is 1. The highest BCUT2D eigenvalue weighted by molar-refractivity contribution is 6.06. The molecule has 0 aliphatic carbocycles. The Kier molecular flexibility index (Phi) is 7.16. The van der Waals surface area contributed by atoms with E-state index in [-0.39, 0.29) is 23.8 Å². The van der Waals surface area contributed by atoms with E-state index in [0.717, 1.165) is 34.1 Å². The van der Waals surface area contributed by atoms with Crippen molar-refractivity contribution in [3.05, 3.63) is 78.0 Å². The first-order valence-corrected chi connectivity index (χ1v) is 12.4. The number of carbonyl (C=O) groups excluding carboxylic acids is 1. The van der Waals surface area contributed by atoms with Gasteiger partial charge in [-0.2, -0.15) is 5.10 Å². The minimum Gasteiger partial charge on any atom is -0.383 e. The van der Waals surface area contributed by atoms with Gasteiger partial charge in [-0.25, -0.2) is 9.18 Å². The van der Waals surface area contributed by atoms with Gasteiger partial charge in [0.15, 0.2) is 0 Å². The maximum absolute atomic E-state index is 14.0. The number of rotatable bonds is 7. The minimum absolute atomic E-state index is 0.0396. The third-order valence-electron chi connectivity index (χ3n) is 6.91. The lowest BCUT2D eigenvalue weighted by molar-refractivity contribution is 0.159. The number of methoxy groups -OCH3 is 1. The molecule has 4 aromatic rings. The monoisotopic (exact) mass is 502 g/mol. The Balaban J connectivity index is 1.40. The van der Waals surface area contributed by atoms with Crippen LogP contribution in [-0.2, 0) is 11.8 Å². The summed E-state index contributed by atoms with van der Waals surface area (Å²) in [7, 11) is 3.54. The smallest absolute Gasteiger partial charge is 0.319 e. The molecule has 3 heterocycles. The molecule has 1 aliphatic rings. The molecule has 37 heavy (non-hydrogen) atoms. The van der Waals surface area contributed by atoms with E-state index in [0.29, 0.717) is 31.1 Å². The molecule has 2 atom stereocenters. The quantitative estimate of drug-likeness (QED) is 0.393. The number of halogens is 1. The first-order valence-electron chi connectivity index (χ1n) is 12.4. The van der Waals surface area contributed by atoms with Crippen LogP contribution in [0, 0.1) is 12.7 Å². The van der Waals surface area contributed by atoms with Gasteiger partial charge in [0.05, 0.1) is 35.9 Å². The number of hydrogen-bond donors (Lipinski definition) is 2. The van der Waals surface area contributed by atoms with E-state index >= 15 is 0 Å². The highest BCUT2D eigenvalue weighted by Gasteiger charge is 2.35. The summed E-state index contributed by atoms with van der Waals surface area (Å²) in [6.07, 6.45) is 3.71. The van der Waals surface area contributed by atoms with E-state index < -0.39 is 0 Å². The summed E-state index contributed by atoms with van der Waals surface area (Å²) < 4.78 is 21.0. The number of ether oxygens (including phenoxy) is 1. The fourth-order valence-corrected chi connectivity index (χ4v) is 5.14. The molecule has 192 valence electrons. The van der Waals surface area contributed by atoms with Gasteiger partial charge in [-0.3, -0.25) is 14.6 Å². The maximum Gasteiger partial charge on any atom is 0.319 e. The van der Waals surface area contributed by atoms with E-state index in [1.807, 2.05) is 50.5 Å². The maximum atomic E-state index is 14.0. The van der Waals surface area contributed by atoms with Crippen LogP contribution >= 0.6 is 0 Å².